The molecule has 2 heterocycles. The molecule has 0 bridgehead atoms. The van der Waals surface area contributed by atoms with E-state index in [0.29, 0.717) is 0 Å². The van der Waals surface area contributed by atoms with Crippen LogP contribution in [0.5, 0.6) is 0 Å². The van der Waals surface area contributed by atoms with Gasteiger partial charge in [-0.05, 0) is 24.6 Å². The van der Waals surface area contributed by atoms with Gasteiger partial charge < -0.3 is 4.40 Å². The minimum absolute atomic E-state index is 1.26. The first-order valence-electron chi connectivity index (χ1n) is 6.86. The molecule has 0 saturated heterocycles. The van der Waals surface area contributed by atoms with Crippen LogP contribution in [0.1, 0.15) is 5.56 Å². The van der Waals surface area contributed by atoms with E-state index in [1.165, 1.54) is 38.1 Å². The number of benzene rings is 2. The molecule has 0 amide bonds. The SMILES string of the molecule is C=C/C=c1/c2ccccc2n2c1c(C)c1ccccc12. The molecule has 4 aromatic rings. The van der Waals surface area contributed by atoms with Crippen molar-refractivity contribution >= 4 is 33.4 Å². The number of aryl methyl sites for hydroxylation is 1. The summed E-state index contributed by atoms with van der Waals surface area (Å²) in [5, 5.41) is 3.88. The van der Waals surface area contributed by atoms with Crippen LogP contribution >= 0.6 is 0 Å². The third kappa shape index (κ3) is 1.27. The van der Waals surface area contributed by atoms with Crippen molar-refractivity contribution in [3.05, 3.63) is 72.0 Å². The Kier molecular flexibility index (Phi) is 2.25. The molecule has 0 spiro atoms. The van der Waals surface area contributed by atoms with Crippen LogP contribution in [0.4, 0.5) is 0 Å². The molecule has 0 N–H and O–H groups in total. The first-order chi connectivity index (χ1) is 9.83. The van der Waals surface area contributed by atoms with Crippen molar-refractivity contribution in [2.45, 2.75) is 6.92 Å². The summed E-state index contributed by atoms with van der Waals surface area (Å²) in [7, 11) is 0. The highest BCUT2D eigenvalue weighted by Crippen LogP contribution is 2.28. The molecule has 0 unspecified atom stereocenters. The third-order valence-corrected chi connectivity index (χ3v) is 4.10. The Hall–Kier alpha value is -2.54. The van der Waals surface area contributed by atoms with E-state index >= 15 is 0 Å². The van der Waals surface area contributed by atoms with E-state index in [-0.39, 0.29) is 0 Å². The monoisotopic (exact) mass is 257 g/mol. The van der Waals surface area contributed by atoms with Crippen LogP contribution in [0.15, 0.2) is 61.2 Å². The molecule has 0 radical (unpaired) electrons. The van der Waals surface area contributed by atoms with Crippen molar-refractivity contribution in [2.24, 2.45) is 0 Å². The van der Waals surface area contributed by atoms with Gasteiger partial charge in [-0.1, -0.05) is 55.1 Å². The lowest BCUT2D eigenvalue weighted by atomic mass is 10.1. The Balaban J connectivity index is 2.47. The van der Waals surface area contributed by atoms with Crippen molar-refractivity contribution in [3.8, 4) is 0 Å². The Labute approximate surface area is 117 Å². The summed E-state index contributed by atoms with van der Waals surface area (Å²) in [6.07, 6.45) is 3.99. The molecule has 0 aliphatic rings. The molecule has 1 heteroatoms. The maximum atomic E-state index is 3.87. The van der Waals surface area contributed by atoms with Crippen molar-refractivity contribution in [1.82, 2.24) is 4.40 Å². The third-order valence-electron chi connectivity index (χ3n) is 4.10. The molecule has 4 rings (SSSR count). The summed E-state index contributed by atoms with van der Waals surface area (Å²) in [5.41, 5.74) is 5.18. The highest BCUT2D eigenvalue weighted by atomic mass is 14.9. The maximum absolute atomic E-state index is 3.87. The average molecular weight is 257 g/mol. The van der Waals surface area contributed by atoms with Crippen LogP contribution in [-0.2, 0) is 0 Å². The number of aromatic nitrogens is 1. The minimum Gasteiger partial charge on any atom is -0.308 e. The van der Waals surface area contributed by atoms with E-state index in [1.807, 2.05) is 6.08 Å². The van der Waals surface area contributed by atoms with Crippen molar-refractivity contribution in [2.75, 3.05) is 0 Å². The van der Waals surface area contributed by atoms with Crippen molar-refractivity contribution < 1.29 is 0 Å². The van der Waals surface area contributed by atoms with Crippen LogP contribution in [0.3, 0.4) is 0 Å². The summed E-state index contributed by atoms with van der Waals surface area (Å²) >= 11 is 0. The fraction of sp³-hybridized carbons (Fsp3) is 0.0526. The van der Waals surface area contributed by atoms with Crippen LogP contribution in [0.2, 0.25) is 0 Å². The highest BCUT2D eigenvalue weighted by molar-refractivity contribution is 6.01. The minimum atomic E-state index is 1.26. The van der Waals surface area contributed by atoms with Gasteiger partial charge in [0.25, 0.3) is 0 Å². The lowest BCUT2D eigenvalue weighted by Gasteiger charge is -1.95. The van der Waals surface area contributed by atoms with Gasteiger partial charge in [-0.15, -0.1) is 0 Å². The number of hydrogen-bond donors (Lipinski definition) is 0. The zero-order valence-electron chi connectivity index (χ0n) is 11.4. The van der Waals surface area contributed by atoms with Crippen LogP contribution in [-0.4, -0.2) is 4.40 Å². The van der Waals surface area contributed by atoms with Crippen LogP contribution in [0.25, 0.3) is 33.4 Å². The van der Waals surface area contributed by atoms with Gasteiger partial charge in [0.15, 0.2) is 0 Å². The number of para-hydroxylation sites is 2. The second-order valence-corrected chi connectivity index (χ2v) is 5.16. The Morgan fingerprint density at radius 1 is 0.900 bits per heavy atom. The lowest BCUT2D eigenvalue weighted by Crippen LogP contribution is -1.97. The average Bonchev–Trinajstić information content (AvgIpc) is 2.96. The molecule has 20 heavy (non-hydrogen) atoms. The fourth-order valence-electron chi connectivity index (χ4n) is 3.28. The smallest absolute Gasteiger partial charge is 0.0577 e. The number of rotatable bonds is 1. The number of nitrogens with zero attached hydrogens (tertiary/aromatic N) is 1. The first-order valence-corrected chi connectivity index (χ1v) is 6.86. The zero-order chi connectivity index (χ0) is 13.7. The van der Waals surface area contributed by atoms with Crippen LogP contribution in [0, 0.1) is 6.92 Å². The molecule has 0 fully saturated rings. The number of fused-ring (bicyclic) bond motifs is 5. The number of hydrogen-bond acceptors (Lipinski definition) is 0. The van der Waals surface area contributed by atoms with E-state index in [4.69, 9.17) is 0 Å². The molecule has 0 atom stereocenters. The van der Waals surface area contributed by atoms with Gasteiger partial charge in [0.1, 0.15) is 0 Å². The molecular formula is C19H15N. The molecule has 2 aromatic carbocycles. The molecule has 2 aromatic heterocycles. The van der Waals surface area contributed by atoms with Gasteiger partial charge in [-0.3, -0.25) is 0 Å². The Morgan fingerprint density at radius 2 is 1.50 bits per heavy atom. The van der Waals surface area contributed by atoms with Gasteiger partial charge in [-0.25, -0.2) is 0 Å². The summed E-state index contributed by atoms with van der Waals surface area (Å²) < 4.78 is 2.37. The quantitative estimate of drug-likeness (QED) is 0.480. The predicted octanol–water partition coefficient (Wildman–Crippen LogP) is 4.24. The van der Waals surface area contributed by atoms with Gasteiger partial charge in [0.2, 0.25) is 0 Å². The molecule has 0 saturated carbocycles. The van der Waals surface area contributed by atoms with Crippen molar-refractivity contribution in [1.29, 1.82) is 0 Å². The van der Waals surface area contributed by atoms with Crippen molar-refractivity contribution in [3.63, 3.8) is 0 Å². The van der Waals surface area contributed by atoms with Crippen LogP contribution < -0.4 is 5.22 Å². The van der Waals surface area contributed by atoms with E-state index in [0.717, 1.165) is 0 Å². The zero-order valence-corrected chi connectivity index (χ0v) is 11.4. The molecule has 1 nitrogen and oxygen atoms in total. The van der Waals surface area contributed by atoms with Gasteiger partial charge in [0, 0.05) is 16.0 Å². The normalized spacial score (nSPS) is 12.8. The summed E-state index contributed by atoms with van der Waals surface area (Å²) in [4.78, 5) is 0. The predicted molar refractivity (Wildman–Crippen MR) is 87.0 cm³/mol. The maximum Gasteiger partial charge on any atom is 0.0577 e. The molecular weight excluding hydrogens is 242 g/mol. The lowest BCUT2D eigenvalue weighted by molar-refractivity contribution is 1.35. The summed E-state index contributed by atoms with van der Waals surface area (Å²) in [6.45, 7) is 6.07. The van der Waals surface area contributed by atoms with E-state index < -0.39 is 0 Å². The molecule has 0 aliphatic heterocycles. The topological polar surface area (TPSA) is 4.41 Å². The second-order valence-electron chi connectivity index (χ2n) is 5.16. The Bertz CT molecular complexity index is 1020. The van der Waals surface area contributed by atoms with E-state index in [1.54, 1.807) is 0 Å². The second kappa shape index (κ2) is 3.97. The van der Waals surface area contributed by atoms with Gasteiger partial charge in [-0.2, -0.15) is 0 Å². The molecule has 96 valence electrons. The van der Waals surface area contributed by atoms with E-state index in [2.05, 4.69) is 72.5 Å². The first kappa shape index (κ1) is 11.3. The Morgan fingerprint density at radius 3 is 2.20 bits per heavy atom. The molecule has 0 aliphatic carbocycles. The standard InChI is InChI=1S/C19H15N/c1-3-8-16-15-10-5-7-12-18(15)20-17-11-6-4-9-14(17)13(2)19(16)20/h3-12H,1H2,2H3/b16-8-. The van der Waals surface area contributed by atoms with E-state index in [9.17, 15) is 0 Å². The van der Waals surface area contributed by atoms with Gasteiger partial charge >= 0.3 is 0 Å². The fourth-order valence-corrected chi connectivity index (χ4v) is 3.28. The number of allylic oxidation sites excluding steroid dienone is 1. The largest absolute Gasteiger partial charge is 0.308 e. The summed E-state index contributed by atoms with van der Waals surface area (Å²) in [6, 6.07) is 17.2. The summed E-state index contributed by atoms with van der Waals surface area (Å²) in [5.74, 6) is 0. The van der Waals surface area contributed by atoms with Gasteiger partial charge in [0.05, 0.1) is 16.6 Å². The highest BCUT2D eigenvalue weighted by Gasteiger charge is 2.14.